The van der Waals surface area contributed by atoms with Gasteiger partial charge in [-0.3, -0.25) is 4.57 Å². The molecule has 0 saturated carbocycles. The van der Waals surface area contributed by atoms with Gasteiger partial charge < -0.3 is 9.80 Å². The molecule has 176 valence electrons. The zero-order chi connectivity index (χ0) is 23.7. The van der Waals surface area contributed by atoms with Gasteiger partial charge in [0.25, 0.3) is 0 Å². The van der Waals surface area contributed by atoms with Gasteiger partial charge >= 0.3 is 0 Å². The summed E-state index contributed by atoms with van der Waals surface area (Å²) in [6.07, 6.45) is 2.44. The van der Waals surface area contributed by atoms with Crippen molar-refractivity contribution >= 4 is 35.4 Å². The van der Waals surface area contributed by atoms with Crippen LogP contribution < -0.4 is 9.80 Å². The molecule has 0 aliphatic carbocycles. The van der Waals surface area contributed by atoms with E-state index in [1.165, 1.54) is 36.4 Å². The van der Waals surface area contributed by atoms with E-state index < -0.39 is 0 Å². The predicted octanol–water partition coefficient (Wildman–Crippen LogP) is 3.65. The van der Waals surface area contributed by atoms with Crippen LogP contribution in [0.5, 0.6) is 0 Å². The third-order valence-corrected chi connectivity index (χ3v) is 7.69. The summed E-state index contributed by atoms with van der Waals surface area (Å²) < 4.78 is 4.72. The number of piperidine rings is 1. The molecule has 0 spiro atoms. The Kier molecular flexibility index (Phi) is 7.61. The minimum Gasteiger partial charge on any atom is -0.337 e. The molecule has 1 aliphatic rings. The van der Waals surface area contributed by atoms with Crippen LogP contribution in [0.15, 0.2) is 42.5 Å². The van der Waals surface area contributed by atoms with Crippen molar-refractivity contribution in [3.63, 3.8) is 0 Å². The van der Waals surface area contributed by atoms with Crippen LogP contribution >= 0.6 is 35.4 Å². The van der Waals surface area contributed by atoms with Crippen LogP contribution in [0.4, 0.5) is 0 Å². The molecule has 1 saturated heterocycles. The van der Waals surface area contributed by atoms with Gasteiger partial charge in [0.05, 0.1) is 43.9 Å². The first-order chi connectivity index (χ1) is 15.8. The second kappa shape index (κ2) is 10.3. The average molecular weight is 507 g/mol. The van der Waals surface area contributed by atoms with Gasteiger partial charge in [0.15, 0.2) is 12.5 Å². The van der Waals surface area contributed by atoms with Crippen LogP contribution in [-0.4, -0.2) is 47.6 Å². The van der Waals surface area contributed by atoms with Crippen LogP contribution in [-0.2, 0) is 6.67 Å². The van der Waals surface area contributed by atoms with Crippen LogP contribution in [0.3, 0.4) is 0 Å². The SMILES string of the molecule is CC(C)c1ccccc1-n1c(-c2ccc(Cl)cc2Cl)nn(C[NH+](C)C2CC[NH+](C)CC2)c1=S. The highest BCUT2D eigenvalue weighted by atomic mass is 35.5. The van der Waals surface area contributed by atoms with Crippen molar-refractivity contribution in [2.45, 2.75) is 45.3 Å². The number of nitrogens with one attached hydrogen (secondary N) is 2. The van der Waals surface area contributed by atoms with Crippen molar-refractivity contribution in [3.05, 3.63) is 62.8 Å². The Bertz CT molecular complexity index is 1180. The van der Waals surface area contributed by atoms with Crippen molar-refractivity contribution in [2.24, 2.45) is 0 Å². The van der Waals surface area contributed by atoms with Crippen molar-refractivity contribution in [3.8, 4) is 17.1 Å². The predicted molar refractivity (Wildman–Crippen MR) is 138 cm³/mol. The van der Waals surface area contributed by atoms with Crippen LogP contribution in [0, 0.1) is 4.77 Å². The lowest BCUT2D eigenvalue weighted by molar-refractivity contribution is -0.954. The van der Waals surface area contributed by atoms with E-state index in [9.17, 15) is 0 Å². The molecule has 0 amide bonds. The summed E-state index contributed by atoms with van der Waals surface area (Å²) >= 11 is 18.9. The molecule has 33 heavy (non-hydrogen) atoms. The third-order valence-electron chi connectivity index (χ3n) is 6.75. The summed E-state index contributed by atoms with van der Waals surface area (Å²) in [6.45, 7) is 7.55. The minimum absolute atomic E-state index is 0.343. The Morgan fingerprint density at radius 2 is 1.85 bits per heavy atom. The molecule has 0 radical (unpaired) electrons. The van der Waals surface area contributed by atoms with Gasteiger partial charge in [-0.1, -0.05) is 55.2 Å². The summed E-state index contributed by atoms with van der Waals surface area (Å²) in [5, 5.41) is 6.19. The zero-order valence-electron chi connectivity index (χ0n) is 19.7. The number of halogens is 2. The molecule has 1 aromatic heterocycles. The maximum atomic E-state index is 6.64. The van der Waals surface area contributed by atoms with E-state index in [2.05, 4.69) is 50.7 Å². The second-order valence-corrected chi connectivity index (χ2v) is 10.7. The Hall–Kier alpha value is -1.70. The molecule has 5 nitrogen and oxygen atoms in total. The summed E-state index contributed by atoms with van der Waals surface area (Å²) in [4.78, 5) is 3.05. The Morgan fingerprint density at radius 3 is 2.52 bits per heavy atom. The van der Waals surface area contributed by atoms with Crippen molar-refractivity contribution in [1.29, 1.82) is 0 Å². The number of hydrogen-bond acceptors (Lipinski definition) is 2. The normalized spacial score (nSPS) is 19.7. The van der Waals surface area contributed by atoms with Gasteiger partial charge in [-0.2, -0.15) is 4.68 Å². The standard InChI is InChI=1S/C25H31Cl2N5S/c1-17(2)20-7-5-6-8-23(20)32-24(21-10-9-18(26)15-22(21)27)28-31(25(32)33)16-30(4)19-11-13-29(3)14-12-19/h5-10,15,17,19H,11-14,16H2,1-4H3/p+2. The first kappa shape index (κ1) is 24.4. The monoisotopic (exact) mass is 505 g/mol. The molecular formula is C25H33Cl2N5S+2. The smallest absolute Gasteiger partial charge is 0.207 e. The first-order valence-corrected chi connectivity index (χ1v) is 12.8. The van der Waals surface area contributed by atoms with E-state index >= 15 is 0 Å². The van der Waals surface area contributed by atoms with Gasteiger partial charge in [0.1, 0.15) is 0 Å². The highest BCUT2D eigenvalue weighted by Crippen LogP contribution is 2.33. The molecule has 1 fully saturated rings. The van der Waals surface area contributed by atoms with Gasteiger partial charge in [-0.05, 0) is 48.0 Å². The van der Waals surface area contributed by atoms with Crippen molar-refractivity contribution < 1.29 is 9.80 Å². The zero-order valence-corrected chi connectivity index (χ0v) is 22.1. The summed E-state index contributed by atoms with van der Waals surface area (Å²) in [5.74, 6) is 1.09. The number of nitrogens with zero attached hydrogens (tertiary/aromatic N) is 3. The second-order valence-electron chi connectivity index (χ2n) is 9.51. The van der Waals surface area contributed by atoms with E-state index in [0.717, 1.165) is 23.7 Å². The molecule has 1 aliphatic heterocycles. The average Bonchev–Trinajstić information content (AvgIpc) is 3.09. The van der Waals surface area contributed by atoms with E-state index in [4.69, 9.17) is 40.5 Å². The fourth-order valence-corrected chi connectivity index (χ4v) is 5.50. The fraction of sp³-hybridized carbons (Fsp3) is 0.440. The fourth-order valence-electron chi connectivity index (χ4n) is 4.72. The minimum atomic E-state index is 0.343. The number of para-hydroxylation sites is 1. The molecule has 0 bridgehead atoms. The van der Waals surface area contributed by atoms with E-state index in [0.29, 0.717) is 26.8 Å². The Labute approximate surface area is 211 Å². The quantitative estimate of drug-likeness (QED) is 0.501. The molecule has 4 rings (SSSR count). The maximum Gasteiger partial charge on any atom is 0.207 e. The molecule has 8 heteroatoms. The molecule has 3 aromatic rings. The van der Waals surface area contributed by atoms with Crippen LogP contribution in [0.1, 0.15) is 38.2 Å². The number of quaternary nitrogens is 2. The van der Waals surface area contributed by atoms with Gasteiger partial charge in [-0.25, -0.2) is 0 Å². The highest BCUT2D eigenvalue weighted by Gasteiger charge is 2.28. The van der Waals surface area contributed by atoms with Gasteiger partial charge in [0, 0.05) is 23.4 Å². The van der Waals surface area contributed by atoms with E-state index in [1.54, 1.807) is 11.0 Å². The third kappa shape index (κ3) is 5.20. The lowest BCUT2D eigenvalue weighted by Gasteiger charge is -2.30. The van der Waals surface area contributed by atoms with Crippen LogP contribution in [0.25, 0.3) is 17.1 Å². The summed E-state index contributed by atoms with van der Waals surface area (Å²) in [7, 11) is 4.53. The largest absolute Gasteiger partial charge is 0.337 e. The molecule has 1 atom stereocenters. The van der Waals surface area contributed by atoms with Gasteiger partial charge in [0.2, 0.25) is 4.77 Å². The number of rotatable bonds is 6. The number of hydrogen-bond donors (Lipinski definition) is 2. The number of benzene rings is 2. The first-order valence-electron chi connectivity index (χ1n) is 11.6. The lowest BCUT2D eigenvalue weighted by atomic mass is 10.0. The van der Waals surface area contributed by atoms with E-state index in [-0.39, 0.29) is 0 Å². The topological polar surface area (TPSA) is 31.6 Å². The molecule has 1 unspecified atom stereocenters. The number of likely N-dealkylation sites (tertiary alicyclic amines) is 1. The summed E-state index contributed by atoms with van der Waals surface area (Å²) in [5.41, 5.74) is 3.09. The van der Waals surface area contributed by atoms with E-state index in [1.807, 2.05) is 22.9 Å². The maximum absolute atomic E-state index is 6.64. The number of aromatic nitrogens is 3. The summed E-state index contributed by atoms with van der Waals surface area (Å²) in [6, 6.07) is 14.5. The van der Waals surface area contributed by atoms with Crippen molar-refractivity contribution in [1.82, 2.24) is 14.3 Å². The Balaban J connectivity index is 1.81. The molecule has 2 aromatic carbocycles. The van der Waals surface area contributed by atoms with Crippen molar-refractivity contribution in [2.75, 3.05) is 27.2 Å². The lowest BCUT2D eigenvalue weighted by Crippen LogP contribution is -3.17. The molecule has 2 heterocycles. The van der Waals surface area contributed by atoms with Crippen LogP contribution in [0.2, 0.25) is 10.0 Å². The van der Waals surface area contributed by atoms with Gasteiger partial charge in [-0.15, -0.1) is 5.10 Å². The molecule has 2 N–H and O–H groups in total. The highest BCUT2D eigenvalue weighted by molar-refractivity contribution is 7.71. The molecular weight excluding hydrogens is 473 g/mol. The Morgan fingerprint density at radius 1 is 1.15 bits per heavy atom.